The largest absolute Gasteiger partial charge is 0.377 e. The molecule has 6 heteroatoms. The Morgan fingerprint density at radius 1 is 1.18 bits per heavy atom. The van der Waals surface area contributed by atoms with Crippen LogP contribution in [0.4, 0.5) is 11.4 Å². The molecule has 0 fully saturated rings. The summed E-state index contributed by atoms with van der Waals surface area (Å²) in [5.41, 5.74) is 3.20. The number of rotatable bonds is 4. The van der Waals surface area contributed by atoms with E-state index in [4.69, 9.17) is 0 Å². The number of nitrogens with one attached hydrogen (secondary N) is 2. The van der Waals surface area contributed by atoms with Gasteiger partial charge in [0.05, 0.1) is 27.8 Å². The minimum Gasteiger partial charge on any atom is -0.377 e. The van der Waals surface area contributed by atoms with E-state index in [0.29, 0.717) is 11.1 Å². The third kappa shape index (κ3) is 3.05. The number of anilines is 1. The number of amides is 1. The van der Waals surface area contributed by atoms with Crippen LogP contribution in [0.1, 0.15) is 53.7 Å². The highest BCUT2D eigenvalue weighted by Gasteiger charge is 2.41. The zero-order valence-corrected chi connectivity index (χ0v) is 15.9. The Morgan fingerprint density at radius 3 is 2.68 bits per heavy atom. The number of fused-ring (bicyclic) bond motifs is 3. The van der Waals surface area contributed by atoms with Crippen molar-refractivity contribution >= 4 is 17.3 Å². The van der Waals surface area contributed by atoms with Crippen LogP contribution in [-0.4, -0.2) is 16.9 Å². The summed E-state index contributed by atoms with van der Waals surface area (Å²) in [7, 11) is 0. The highest BCUT2D eigenvalue weighted by Crippen LogP contribution is 2.51. The van der Waals surface area contributed by atoms with Gasteiger partial charge in [-0.05, 0) is 37.8 Å². The number of hydrogen-bond acceptors (Lipinski definition) is 4. The van der Waals surface area contributed by atoms with Gasteiger partial charge in [0.25, 0.3) is 11.6 Å². The lowest BCUT2D eigenvalue weighted by molar-refractivity contribution is -0.385. The van der Waals surface area contributed by atoms with Gasteiger partial charge in [0.15, 0.2) is 0 Å². The van der Waals surface area contributed by atoms with Gasteiger partial charge in [0.2, 0.25) is 0 Å². The zero-order valence-electron chi connectivity index (χ0n) is 15.9. The number of nitrogens with zero attached hydrogens (tertiary/aromatic N) is 1. The summed E-state index contributed by atoms with van der Waals surface area (Å²) in [4.78, 5) is 24.0. The van der Waals surface area contributed by atoms with E-state index in [1.165, 1.54) is 0 Å². The second kappa shape index (κ2) is 7.11. The number of hydrogen-bond donors (Lipinski definition) is 2. The first-order chi connectivity index (χ1) is 13.5. The van der Waals surface area contributed by atoms with Gasteiger partial charge in [-0.15, -0.1) is 0 Å². The molecular weight excluding hydrogens is 354 g/mol. The standard InChI is InChI=1S/C22H23N3O3/c1-13(2)23-22(26)18-11-6-10-16-14-8-5-9-15(14)20(24-21(16)18)17-7-3-4-12-19(17)25(27)28/h3-8,10-15,20,24H,9H2,1-2H3,(H,23,26). The van der Waals surface area contributed by atoms with E-state index in [1.54, 1.807) is 18.2 Å². The van der Waals surface area contributed by atoms with Gasteiger partial charge in [-0.3, -0.25) is 14.9 Å². The molecule has 1 amide bonds. The minimum absolute atomic E-state index is 0.0251. The van der Waals surface area contributed by atoms with Crippen LogP contribution in [0.5, 0.6) is 0 Å². The summed E-state index contributed by atoms with van der Waals surface area (Å²) < 4.78 is 0. The van der Waals surface area contributed by atoms with E-state index < -0.39 is 0 Å². The number of carbonyl (C=O) groups is 1. The fourth-order valence-corrected chi connectivity index (χ4v) is 4.38. The molecule has 2 N–H and O–H groups in total. The quantitative estimate of drug-likeness (QED) is 0.465. The molecule has 0 bridgehead atoms. The van der Waals surface area contributed by atoms with Crippen LogP contribution < -0.4 is 10.6 Å². The number of para-hydroxylation sites is 2. The average Bonchev–Trinajstić information content (AvgIpc) is 3.16. The molecule has 144 valence electrons. The van der Waals surface area contributed by atoms with Crippen LogP contribution in [0.25, 0.3) is 0 Å². The predicted molar refractivity (Wildman–Crippen MR) is 108 cm³/mol. The molecule has 0 saturated carbocycles. The lowest BCUT2D eigenvalue weighted by atomic mass is 9.76. The molecule has 0 aromatic heterocycles. The Kier molecular flexibility index (Phi) is 4.63. The summed E-state index contributed by atoms with van der Waals surface area (Å²) in [6, 6.07) is 12.4. The van der Waals surface area contributed by atoms with Crippen LogP contribution in [0.3, 0.4) is 0 Å². The van der Waals surface area contributed by atoms with Crippen molar-refractivity contribution in [3.63, 3.8) is 0 Å². The molecule has 2 aromatic rings. The maximum atomic E-state index is 12.8. The topological polar surface area (TPSA) is 84.3 Å². The molecule has 2 aliphatic rings. The Labute approximate surface area is 163 Å². The van der Waals surface area contributed by atoms with Crippen molar-refractivity contribution in [2.24, 2.45) is 5.92 Å². The van der Waals surface area contributed by atoms with Crippen LogP contribution in [-0.2, 0) is 0 Å². The van der Waals surface area contributed by atoms with Crippen molar-refractivity contribution in [3.05, 3.63) is 81.4 Å². The van der Waals surface area contributed by atoms with Crippen molar-refractivity contribution in [2.45, 2.75) is 38.3 Å². The van der Waals surface area contributed by atoms with E-state index >= 15 is 0 Å². The van der Waals surface area contributed by atoms with Gasteiger partial charge in [0, 0.05) is 18.0 Å². The first kappa shape index (κ1) is 18.2. The number of benzene rings is 2. The number of carbonyl (C=O) groups excluding carboxylic acids is 1. The first-order valence-electron chi connectivity index (χ1n) is 9.57. The summed E-state index contributed by atoms with van der Waals surface area (Å²) >= 11 is 0. The minimum atomic E-state index is -0.332. The average molecular weight is 377 g/mol. The lowest BCUT2D eigenvalue weighted by Gasteiger charge is -2.38. The number of allylic oxidation sites excluding steroid dienone is 2. The van der Waals surface area contributed by atoms with E-state index in [2.05, 4.69) is 22.8 Å². The Bertz CT molecular complexity index is 967. The molecule has 0 spiro atoms. The van der Waals surface area contributed by atoms with Crippen LogP contribution in [0.2, 0.25) is 0 Å². The molecule has 1 aliphatic carbocycles. The van der Waals surface area contributed by atoms with Crippen LogP contribution >= 0.6 is 0 Å². The van der Waals surface area contributed by atoms with Gasteiger partial charge in [-0.25, -0.2) is 0 Å². The van der Waals surface area contributed by atoms with Crippen molar-refractivity contribution in [1.82, 2.24) is 5.32 Å². The van der Waals surface area contributed by atoms with Crippen LogP contribution in [0, 0.1) is 16.0 Å². The summed E-state index contributed by atoms with van der Waals surface area (Å²) in [6.45, 7) is 3.85. The molecule has 0 radical (unpaired) electrons. The molecular formula is C22H23N3O3. The van der Waals surface area contributed by atoms with Crippen molar-refractivity contribution in [3.8, 4) is 0 Å². The monoisotopic (exact) mass is 377 g/mol. The molecule has 28 heavy (non-hydrogen) atoms. The fourth-order valence-electron chi connectivity index (χ4n) is 4.38. The molecule has 3 atom stereocenters. The van der Waals surface area contributed by atoms with Gasteiger partial charge < -0.3 is 10.6 Å². The van der Waals surface area contributed by atoms with Gasteiger partial charge >= 0.3 is 0 Å². The second-order valence-corrected chi connectivity index (χ2v) is 7.69. The highest BCUT2D eigenvalue weighted by atomic mass is 16.6. The number of nitro groups is 1. The molecule has 1 heterocycles. The zero-order chi connectivity index (χ0) is 19.8. The Morgan fingerprint density at radius 2 is 1.93 bits per heavy atom. The van der Waals surface area contributed by atoms with Crippen molar-refractivity contribution in [2.75, 3.05) is 5.32 Å². The van der Waals surface area contributed by atoms with E-state index in [9.17, 15) is 14.9 Å². The highest BCUT2D eigenvalue weighted by molar-refractivity contribution is 6.01. The van der Waals surface area contributed by atoms with Crippen molar-refractivity contribution in [1.29, 1.82) is 0 Å². The van der Waals surface area contributed by atoms with Crippen LogP contribution in [0.15, 0.2) is 54.6 Å². The van der Waals surface area contributed by atoms with E-state index in [1.807, 2.05) is 38.1 Å². The van der Waals surface area contributed by atoms with Crippen molar-refractivity contribution < 1.29 is 9.72 Å². The van der Waals surface area contributed by atoms with E-state index in [0.717, 1.165) is 17.7 Å². The SMILES string of the molecule is CC(C)NC(=O)c1cccc2c1NC(c1ccccc1[N+](=O)[O-])C1CC=CC21. The van der Waals surface area contributed by atoms with E-state index in [-0.39, 0.29) is 40.4 Å². The summed E-state index contributed by atoms with van der Waals surface area (Å²) in [5.74, 6) is 0.172. The maximum absolute atomic E-state index is 12.8. The fraction of sp³-hybridized carbons (Fsp3) is 0.318. The molecule has 6 nitrogen and oxygen atoms in total. The van der Waals surface area contributed by atoms with Gasteiger partial charge in [0.1, 0.15) is 0 Å². The third-order valence-corrected chi connectivity index (χ3v) is 5.53. The number of nitro benzene ring substituents is 1. The molecule has 2 aromatic carbocycles. The summed E-state index contributed by atoms with van der Waals surface area (Å²) in [6.07, 6.45) is 5.14. The molecule has 0 saturated heterocycles. The third-order valence-electron chi connectivity index (χ3n) is 5.53. The Hall–Kier alpha value is -3.15. The normalized spacial score (nSPS) is 22.3. The second-order valence-electron chi connectivity index (χ2n) is 7.69. The van der Waals surface area contributed by atoms with Gasteiger partial charge in [-0.2, -0.15) is 0 Å². The molecule has 3 unspecified atom stereocenters. The lowest BCUT2D eigenvalue weighted by Crippen LogP contribution is -2.34. The predicted octanol–water partition coefficient (Wildman–Crippen LogP) is 4.56. The maximum Gasteiger partial charge on any atom is 0.274 e. The smallest absolute Gasteiger partial charge is 0.274 e. The molecule has 4 rings (SSSR count). The van der Waals surface area contributed by atoms with Gasteiger partial charge in [-0.1, -0.05) is 42.5 Å². The first-order valence-corrected chi connectivity index (χ1v) is 9.57. The molecule has 1 aliphatic heterocycles. The summed E-state index contributed by atoms with van der Waals surface area (Å²) in [5, 5.41) is 18.0. The Balaban J connectivity index is 1.82.